The number of Topliss-reactive ketones (excluding diaryl/α,β-unsaturated/α-hetero) is 1. The molecule has 1 heterocycles. The maximum atomic E-state index is 12.2. The number of aromatic nitrogens is 1. The number of hydrogen-bond donors (Lipinski definition) is 0. The Morgan fingerprint density at radius 3 is 2.23 bits per heavy atom. The van der Waals surface area contributed by atoms with Crippen LogP contribution in [0.3, 0.4) is 0 Å². The smallest absolute Gasteiger partial charge is 0.235 e. The summed E-state index contributed by atoms with van der Waals surface area (Å²) in [6.45, 7) is 3.85. The average molecular weight is 305 g/mol. The fraction of sp³-hybridized carbons (Fsp3) is 0.684. The summed E-state index contributed by atoms with van der Waals surface area (Å²) < 4.78 is 0.755. The Balaban J connectivity index is 2.17. The predicted octanol–water partition coefficient (Wildman–Crippen LogP) is 4.48. The Kier molecular flexibility index (Phi) is 8.98. The second-order valence-electron chi connectivity index (χ2n) is 6.93. The van der Waals surface area contributed by atoms with Crippen LogP contribution in [0, 0.1) is 0 Å². The lowest BCUT2D eigenvalue weighted by atomic mass is 10.1. The maximum Gasteiger partial charge on any atom is 0.235 e. The molecule has 0 bridgehead atoms. The molecular weight excluding hydrogens is 272 g/mol. The van der Waals surface area contributed by atoms with E-state index in [1.807, 2.05) is 12.1 Å². The molecule has 0 amide bonds. The van der Waals surface area contributed by atoms with Gasteiger partial charge in [-0.25, -0.2) is 0 Å². The molecule has 3 nitrogen and oxygen atoms in total. The summed E-state index contributed by atoms with van der Waals surface area (Å²) in [4.78, 5) is 16.4. The van der Waals surface area contributed by atoms with Crippen molar-refractivity contribution in [2.45, 2.75) is 58.3 Å². The van der Waals surface area contributed by atoms with Gasteiger partial charge in [-0.05, 0) is 25.0 Å². The van der Waals surface area contributed by atoms with Crippen molar-refractivity contribution in [3.05, 3.63) is 30.1 Å². The molecule has 1 aromatic heterocycles. The van der Waals surface area contributed by atoms with Gasteiger partial charge in [-0.15, -0.1) is 0 Å². The number of pyridine rings is 1. The Hall–Kier alpha value is -1.22. The van der Waals surface area contributed by atoms with Crippen LogP contribution in [0.25, 0.3) is 0 Å². The summed E-state index contributed by atoms with van der Waals surface area (Å²) in [7, 11) is 4.28. The molecule has 3 heteroatoms. The molecule has 124 valence electrons. The molecule has 0 aromatic carbocycles. The van der Waals surface area contributed by atoms with Crippen molar-refractivity contribution in [1.82, 2.24) is 4.98 Å². The van der Waals surface area contributed by atoms with Gasteiger partial charge in [0.15, 0.2) is 0 Å². The third kappa shape index (κ3) is 8.28. The first-order valence-electron chi connectivity index (χ1n) is 8.81. The zero-order chi connectivity index (χ0) is 16.3. The van der Waals surface area contributed by atoms with Gasteiger partial charge >= 0.3 is 0 Å². The second kappa shape index (κ2) is 10.5. The standard InChI is InChI=1S/C19H33N2O/c1-4-5-6-7-8-9-10-13-16-21(2,3)17-19(22)18-14-11-12-15-20-18/h11-12,14-15H,4-10,13,16-17H2,1-3H3/q+1. The molecule has 0 aliphatic carbocycles. The summed E-state index contributed by atoms with van der Waals surface area (Å²) in [5.74, 6) is 0.144. The van der Waals surface area contributed by atoms with E-state index in [-0.39, 0.29) is 5.78 Å². The minimum absolute atomic E-state index is 0.144. The first kappa shape index (κ1) is 18.8. The third-order valence-corrected chi connectivity index (χ3v) is 4.14. The van der Waals surface area contributed by atoms with Crippen molar-refractivity contribution >= 4 is 5.78 Å². The Morgan fingerprint density at radius 1 is 1.00 bits per heavy atom. The number of likely N-dealkylation sites (N-methyl/N-ethyl adjacent to an activating group) is 1. The summed E-state index contributed by atoms with van der Waals surface area (Å²) in [5, 5.41) is 0. The molecule has 0 radical (unpaired) electrons. The van der Waals surface area contributed by atoms with Gasteiger partial charge in [0.2, 0.25) is 5.78 Å². The van der Waals surface area contributed by atoms with Crippen LogP contribution in [0.4, 0.5) is 0 Å². The number of hydrogen-bond acceptors (Lipinski definition) is 2. The largest absolute Gasteiger partial charge is 0.322 e. The number of rotatable bonds is 12. The molecule has 0 atom stereocenters. The Bertz CT molecular complexity index is 415. The molecule has 1 aromatic rings. The van der Waals surface area contributed by atoms with Gasteiger partial charge in [-0.1, -0.05) is 51.5 Å². The van der Waals surface area contributed by atoms with E-state index < -0.39 is 0 Å². The highest BCUT2D eigenvalue weighted by Gasteiger charge is 2.21. The maximum absolute atomic E-state index is 12.2. The van der Waals surface area contributed by atoms with Gasteiger partial charge in [0.1, 0.15) is 12.2 Å². The van der Waals surface area contributed by atoms with E-state index >= 15 is 0 Å². The first-order valence-corrected chi connectivity index (χ1v) is 8.81. The van der Waals surface area contributed by atoms with Crippen LogP contribution in [0.5, 0.6) is 0 Å². The SMILES string of the molecule is CCCCCCCCCC[N+](C)(C)CC(=O)c1ccccn1. The molecule has 0 spiro atoms. The van der Waals surface area contributed by atoms with Crippen LogP contribution in [0.15, 0.2) is 24.4 Å². The lowest BCUT2D eigenvalue weighted by Gasteiger charge is -2.28. The van der Waals surface area contributed by atoms with Gasteiger partial charge in [0.05, 0.1) is 20.6 Å². The quantitative estimate of drug-likeness (QED) is 0.324. The molecule has 0 fully saturated rings. The Morgan fingerprint density at radius 2 is 1.64 bits per heavy atom. The normalized spacial score (nSPS) is 11.6. The van der Waals surface area contributed by atoms with E-state index in [2.05, 4.69) is 26.0 Å². The average Bonchev–Trinajstić information content (AvgIpc) is 2.50. The van der Waals surface area contributed by atoms with E-state index in [0.29, 0.717) is 12.2 Å². The molecule has 0 aliphatic heterocycles. The molecule has 0 saturated heterocycles. The third-order valence-electron chi connectivity index (χ3n) is 4.14. The van der Waals surface area contributed by atoms with E-state index in [1.54, 1.807) is 12.3 Å². The number of unbranched alkanes of at least 4 members (excludes halogenated alkanes) is 7. The van der Waals surface area contributed by atoms with Crippen LogP contribution in [-0.4, -0.2) is 42.4 Å². The van der Waals surface area contributed by atoms with Gasteiger partial charge in [0.25, 0.3) is 0 Å². The summed E-state index contributed by atoms with van der Waals surface area (Å²) in [6.07, 6.45) is 12.3. The molecule has 0 aliphatic rings. The second-order valence-corrected chi connectivity index (χ2v) is 6.93. The fourth-order valence-corrected chi connectivity index (χ4v) is 2.75. The van der Waals surface area contributed by atoms with E-state index in [4.69, 9.17) is 0 Å². The van der Waals surface area contributed by atoms with E-state index in [0.717, 1.165) is 11.0 Å². The molecular formula is C19H33N2O+. The zero-order valence-corrected chi connectivity index (χ0v) is 14.7. The highest BCUT2D eigenvalue weighted by molar-refractivity contribution is 5.95. The van der Waals surface area contributed by atoms with Crippen LogP contribution < -0.4 is 0 Å². The van der Waals surface area contributed by atoms with Crippen molar-refractivity contribution in [2.75, 3.05) is 27.2 Å². The van der Waals surface area contributed by atoms with E-state index in [9.17, 15) is 4.79 Å². The van der Waals surface area contributed by atoms with Gasteiger partial charge in [0, 0.05) is 6.20 Å². The molecule has 0 N–H and O–H groups in total. The highest BCUT2D eigenvalue weighted by atomic mass is 16.1. The number of nitrogens with zero attached hydrogens (tertiary/aromatic N) is 2. The lowest BCUT2D eigenvalue weighted by Crippen LogP contribution is -2.44. The summed E-state index contributed by atoms with van der Waals surface area (Å²) in [6, 6.07) is 5.52. The molecule has 22 heavy (non-hydrogen) atoms. The lowest BCUT2D eigenvalue weighted by molar-refractivity contribution is -0.882. The molecule has 0 saturated carbocycles. The summed E-state index contributed by atoms with van der Waals surface area (Å²) in [5.41, 5.74) is 0.588. The van der Waals surface area contributed by atoms with Crippen molar-refractivity contribution in [3.63, 3.8) is 0 Å². The van der Waals surface area contributed by atoms with Crippen LogP contribution in [0.1, 0.15) is 68.8 Å². The van der Waals surface area contributed by atoms with Crippen molar-refractivity contribution in [1.29, 1.82) is 0 Å². The number of quaternary nitrogens is 1. The first-order chi connectivity index (χ1) is 10.5. The van der Waals surface area contributed by atoms with Crippen LogP contribution in [-0.2, 0) is 0 Å². The van der Waals surface area contributed by atoms with Crippen LogP contribution >= 0.6 is 0 Å². The summed E-state index contributed by atoms with van der Waals surface area (Å²) >= 11 is 0. The van der Waals surface area contributed by atoms with Crippen LogP contribution in [0.2, 0.25) is 0 Å². The molecule has 0 unspecified atom stereocenters. The Labute approximate surface area is 136 Å². The number of ketones is 1. The minimum atomic E-state index is 0.144. The topological polar surface area (TPSA) is 30.0 Å². The number of carbonyl (C=O) groups excluding carboxylic acids is 1. The fourth-order valence-electron chi connectivity index (χ4n) is 2.75. The number of carbonyl (C=O) groups is 1. The van der Waals surface area contributed by atoms with Gasteiger partial charge < -0.3 is 4.48 Å². The van der Waals surface area contributed by atoms with Gasteiger partial charge in [-0.3, -0.25) is 9.78 Å². The minimum Gasteiger partial charge on any atom is -0.322 e. The van der Waals surface area contributed by atoms with Crippen molar-refractivity contribution in [2.24, 2.45) is 0 Å². The zero-order valence-electron chi connectivity index (χ0n) is 14.7. The highest BCUT2D eigenvalue weighted by Crippen LogP contribution is 2.11. The van der Waals surface area contributed by atoms with E-state index in [1.165, 1.54) is 51.4 Å². The van der Waals surface area contributed by atoms with Crippen molar-refractivity contribution < 1.29 is 9.28 Å². The molecule has 1 rings (SSSR count). The van der Waals surface area contributed by atoms with Crippen molar-refractivity contribution in [3.8, 4) is 0 Å². The monoisotopic (exact) mass is 305 g/mol. The predicted molar refractivity (Wildman–Crippen MR) is 93.0 cm³/mol. The van der Waals surface area contributed by atoms with Gasteiger partial charge in [-0.2, -0.15) is 0 Å².